The minimum Gasteiger partial charge on any atom is -0.346 e. The molecular weight excluding hydrogens is 144 g/mol. The zero-order valence-electron chi connectivity index (χ0n) is 5.79. The first kappa shape index (κ1) is 6.36. The molecule has 1 aromatic rings. The highest BCUT2D eigenvalue weighted by molar-refractivity contribution is 5.80. The Morgan fingerprint density at radius 3 is 3.09 bits per heavy atom. The fraction of sp³-hybridized carbons (Fsp3) is 0.333. The summed E-state index contributed by atoms with van der Waals surface area (Å²) < 4.78 is 0. The van der Waals surface area contributed by atoms with Crippen molar-refractivity contribution in [1.82, 2.24) is 20.6 Å². The van der Waals surface area contributed by atoms with Crippen LogP contribution in [0.2, 0.25) is 0 Å². The van der Waals surface area contributed by atoms with E-state index in [0.717, 1.165) is 5.69 Å². The molecule has 5 heteroatoms. The van der Waals surface area contributed by atoms with E-state index >= 15 is 0 Å². The van der Waals surface area contributed by atoms with E-state index in [0.29, 0.717) is 6.54 Å². The van der Waals surface area contributed by atoms with Crippen molar-refractivity contribution in [3.05, 3.63) is 18.2 Å². The molecule has 1 unspecified atom stereocenters. The number of aromatic nitrogens is 2. The monoisotopic (exact) mass is 152 g/mol. The summed E-state index contributed by atoms with van der Waals surface area (Å²) in [6.45, 7) is 0.379. The molecule has 0 saturated carbocycles. The summed E-state index contributed by atoms with van der Waals surface area (Å²) in [5.41, 5.74) is 0.885. The highest BCUT2D eigenvalue weighted by atomic mass is 16.2. The number of nitrogens with one attached hydrogen (secondary N) is 3. The SMILES string of the molecule is O=C1CNC(c2cnc[nH]2)N1. The van der Waals surface area contributed by atoms with E-state index < -0.39 is 0 Å². The molecule has 1 aromatic heterocycles. The van der Waals surface area contributed by atoms with Crippen LogP contribution in [0.15, 0.2) is 12.5 Å². The molecule has 0 radical (unpaired) electrons. The van der Waals surface area contributed by atoms with E-state index in [1.165, 1.54) is 0 Å². The quantitative estimate of drug-likeness (QED) is 0.490. The molecule has 1 amide bonds. The van der Waals surface area contributed by atoms with E-state index in [4.69, 9.17) is 0 Å². The summed E-state index contributed by atoms with van der Waals surface area (Å²) >= 11 is 0. The molecule has 1 aliphatic rings. The van der Waals surface area contributed by atoms with Gasteiger partial charge >= 0.3 is 0 Å². The molecule has 0 spiro atoms. The van der Waals surface area contributed by atoms with Gasteiger partial charge in [-0.05, 0) is 0 Å². The number of amides is 1. The first-order valence-electron chi connectivity index (χ1n) is 3.37. The zero-order chi connectivity index (χ0) is 7.68. The number of carbonyl (C=O) groups is 1. The van der Waals surface area contributed by atoms with E-state index in [1.54, 1.807) is 12.5 Å². The van der Waals surface area contributed by atoms with Crippen molar-refractivity contribution >= 4 is 5.91 Å². The van der Waals surface area contributed by atoms with E-state index in [9.17, 15) is 4.79 Å². The van der Waals surface area contributed by atoms with Crippen LogP contribution in [0.3, 0.4) is 0 Å². The first-order chi connectivity index (χ1) is 5.36. The molecule has 0 bridgehead atoms. The number of H-pyrrole nitrogens is 1. The maximum absolute atomic E-state index is 10.7. The second kappa shape index (κ2) is 2.35. The van der Waals surface area contributed by atoms with Crippen LogP contribution in [0, 0.1) is 0 Å². The van der Waals surface area contributed by atoms with Crippen LogP contribution in [0.4, 0.5) is 0 Å². The van der Waals surface area contributed by atoms with Gasteiger partial charge in [0.15, 0.2) is 0 Å². The van der Waals surface area contributed by atoms with E-state index in [-0.39, 0.29) is 12.1 Å². The van der Waals surface area contributed by atoms with Crippen LogP contribution in [-0.4, -0.2) is 22.4 Å². The van der Waals surface area contributed by atoms with Crippen molar-refractivity contribution in [1.29, 1.82) is 0 Å². The third-order valence-electron chi connectivity index (χ3n) is 1.60. The van der Waals surface area contributed by atoms with Crippen LogP contribution in [0.25, 0.3) is 0 Å². The van der Waals surface area contributed by atoms with Gasteiger partial charge in [0.1, 0.15) is 6.17 Å². The number of nitrogens with zero attached hydrogens (tertiary/aromatic N) is 1. The predicted molar refractivity (Wildman–Crippen MR) is 37.5 cm³/mol. The number of aromatic amines is 1. The third-order valence-corrected chi connectivity index (χ3v) is 1.60. The van der Waals surface area contributed by atoms with Crippen LogP contribution < -0.4 is 10.6 Å². The van der Waals surface area contributed by atoms with Gasteiger partial charge in [-0.1, -0.05) is 0 Å². The zero-order valence-corrected chi connectivity index (χ0v) is 5.79. The molecule has 3 N–H and O–H groups in total. The highest BCUT2D eigenvalue weighted by Gasteiger charge is 2.21. The molecular formula is C6H8N4O. The summed E-state index contributed by atoms with van der Waals surface area (Å²) in [5.74, 6) is 0.0181. The van der Waals surface area contributed by atoms with E-state index in [1.807, 2.05) is 0 Å². The molecule has 2 rings (SSSR count). The molecule has 1 atom stereocenters. The maximum Gasteiger partial charge on any atom is 0.235 e. The molecule has 2 heterocycles. The lowest BCUT2D eigenvalue weighted by atomic mass is 10.4. The van der Waals surface area contributed by atoms with E-state index in [2.05, 4.69) is 20.6 Å². The largest absolute Gasteiger partial charge is 0.346 e. The Morgan fingerprint density at radius 1 is 1.64 bits per heavy atom. The Balaban J connectivity index is 2.13. The Hall–Kier alpha value is -1.36. The Bertz CT molecular complexity index is 256. The van der Waals surface area contributed by atoms with Gasteiger partial charge in [0.05, 0.1) is 24.8 Å². The average Bonchev–Trinajstić information content (AvgIpc) is 2.55. The maximum atomic E-state index is 10.7. The molecule has 1 aliphatic heterocycles. The topological polar surface area (TPSA) is 69.8 Å². The van der Waals surface area contributed by atoms with Crippen LogP contribution in [0.1, 0.15) is 11.9 Å². The summed E-state index contributed by atoms with van der Waals surface area (Å²) in [5, 5.41) is 5.71. The number of hydrogen-bond donors (Lipinski definition) is 3. The highest BCUT2D eigenvalue weighted by Crippen LogP contribution is 2.07. The van der Waals surface area contributed by atoms with Gasteiger partial charge in [-0.25, -0.2) is 4.98 Å². The number of rotatable bonds is 1. The molecule has 0 aliphatic carbocycles. The van der Waals surface area contributed by atoms with Crippen LogP contribution in [0.5, 0.6) is 0 Å². The average molecular weight is 152 g/mol. The van der Waals surface area contributed by atoms with Crippen molar-refractivity contribution in [2.75, 3.05) is 6.54 Å². The lowest BCUT2D eigenvalue weighted by Crippen LogP contribution is -2.22. The lowest BCUT2D eigenvalue weighted by Gasteiger charge is -2.05. The smallest absolute Gasteiger partial charge is 0.235 e. The van der Waals surface area contributed by atoms with Gasteiger partial charge in [-0.3, -0.25) is 10.1 Å². The molecule has 1 saturated heterocycles. The second-order valence-corrected chi connectivity index (χ2v) is 2.39. The van der Waals surface area contributed by atoms with Gasteiger partial charge in [-0.2, -0.15) is 0 Å². The Labute approximate surface area is 63.2 Å². The Kier molecular flexibility index (Phi) is 1.36. The summed E-state index contributed by atoms with van der Waals surface area (Å²) in [6, 6.07) is 0. The summed E-state index contributed by atoms with van der Waals surface area (Å²) in [6.07, 6.45) is 3.18. The molecule has 5 nitrogen and oxygen atoms in total. The standard InChI is InChI=1S/C6H8N4O/c11-5-2-8-6(10-5)4-1-7-3-9-4/h1,3,6,8H,2H2,(H,7,9)(H,10,11). The minimum absolute atomic E-state index is 0.0181. The van der Waals surface area contributed by atoms with Crippen molar-refractivity contribution in [3.63, 3.8) is 0 Å². The number of imidazole rings is 1. The normalized spacial score (nSPS) is 23.6. The fourth-order valence-corrected chi connectivity index (χ4v) is 1.07. The fourth-order valence-electron chi connectivity index (χ4n) is 1.07. The van der Waals surface area contributed by atoms with Crippen molar-refractivity contribution in [2.45, 2.75) is 6.17 Å². The summed E-state index contributed by atoms with van der Waals surface area (Å²) in [7, 11) is 0. The van der Waals surface area contributed by atoms with Gasteiger partial charge in [-0.15, -0.1) is 0 Å². The van der Waals surface area contributed by atoms with Crippen molar-refractivity contribution in [3.8, 4) is 0 Å². The van der Waals surface area contributed by atoms with Crippen molar-refractivity contribution in [2.24, 2.45) is 0 Å². The summed E-state index contributed by atoms with van der Waals surface area (Å²) in [4.78, 5) is 17.5. The molecule has 0 aromatic carbocycles. The van der Waals surface area contributed by atoms with Gasteiger partial charge in [0.25, 0.3) is 0 Å². The predicted octanol–water partition coefficient (Wildman–Crippen LogP) is -0.872. The number of carbonyl (C=O) groups excluding carboxylic acids is 1. The number of hydrogen-bond acceptors (Lipinski definition) is 3. The molecule has 1 fully saturated rings. The molecule has 58 valence electrons. The minimum atomic E-state index is -0.0926. The van der Waals surface area contributed by atoms with Crippen molar-refractivity contribution < 1.29 is 4.79 Å². The Morgan fingerprint density at radius 2 is 2.55 bits per heavy atom. The third kappa shape index (κ3) is 1.10. The van der Waals surface area contributed by atoms with Gasteiger partial charge < -0.3 is 10.3 Å². The second-order valence-electron chi connectivity index (χ2n) is 2.39. The first-order valence-corrected chi connectivity index (χ1v) is 3.37. The lowest BCUT2D eigenvalue weighted by molar-refractivity contribution is -0.118. The van der Waals surface area contributed by atoms with Gasteiger partial charge in [0.2, 0.25) is 5.91 Å². The van der Waals surface area contributed by atoms with Crippen LogP contribution in [-0.2, 0) is 4.79 Å². The molecule has 11 heavy (non-hydrogen) atoms. The van der Waals surface area contributed by atoms with Crippen LogP contribution >= 0.6 is 0 Å². The van der Waals surface area contributed by atoms with Gasteiger partial charge in [0, 0.05) is 0 Å².